The molecule has 0 bridgehead atoms. The summed E-state index contributed by atoms with van der Waals surface area (Å²) in [7, 11) is 0. The summed E-state index contributed by atoms with van der Waals surface area (Å²) in [5.41, 5.74) is -0.164. The first kappa shape index (κ1) is 15.0. The van der Waals surface area contributed by atoms with Gasteiger partial charge in [-0.1, -0.05) is 20.3 Å². The van der Waals surface area contributed by atoms with Crippen LogP contribution in [-0.2, 0) is 0 Å². The highest BCUT2D eigenvalue weighted by Crippen LogP contribution is 2.21. The Kier molecular flexibility index (Phi) is 5.36. The number of hydrogen-bond acceptors (Lipinski definition) is 3. The molecule has 0 heterocycles. The van der Waals surface area contributed by atoms with Gasteiger partial charge in [-0.2, -0.15) is 0 Å². The molecular formula is C14H18O5. The van der Waals surface area contributed by atoms with Crippen molar-refractivity contribution in [3.05, 3.63) is 29.3 Å². The second kappa shape index (κ2) is 6.78. The lowest BCUT2D eigenvalue weighted by molar-refractivity contribution is 0.0696. The van der Waals surface area contributed by atoms with Crippen LogP contribution in [0.2, 0.25) is 0 Å². The van der Waals surface area contributed by atoms with Crippen molar-refractivity contribution in [1.29, 1.82) is 0 Å². The molecular weight excluding hydrogens is 248 g/mol. The highest BCUT2D eigenvalue weighted by molar-refractivity contribution is 5.94. The van der Waals surface area contributed by atoms with E-state index in [0.29, 0.717) is 0 Å². The lowest BCUT2D eigenvalue weighted by Crippen LogP contribution is -2.15. The summed E-state index contributed by atoms with van der Waals surface area (Å²) in [6.07, 6.45) is 2.54. The summed E-state index contributed by atoms with van der Waals surface area (Å²) in [6.45, 7) is 4.00. The molecule has 19 heavy (non-hydrogen) atoms. The standard InChI is InChI=1S/C14H18O5/c1-3-5-11(4-2)19-12-7-9(13(15)16)6-10(8-12)14(17)18/h6-8,11H,3-5H2,1-2H3,(H,15,16)(H,17,18). The highest BCUT2D eigenvalue weighted by Gasteiger charge is 2.14. The summed E-state index contributed by atoms with van der Waals surface area (Å²) in [5.74, 6) is -2.05. The molecule has 0 radical (unpaired) electrons. The smallest absolute Gasteiger partial charge is 0.335 e. The van der Waals surface area contributed by atoms with Crippen LogP contribution < -0.4 is 4.74 Å². The summed E-state index contributed by atoms with van der Waals surface area (Å²) in [5, 5.41) is 17.9. The third-order valence-corrected chi connectivity index (χ3v) is 2.77. The molecule has 0 aliphatic rings. The van der Waals surface area contributed by atoms with Gasteiger partial charge in [0.1, 0.15) is 5.75 Å². The molecule has 1 atom stereocenters. The predicted molar refractivity (Wildman–Crippen MR) is 70.0 cm³/mol. The van der Waals surface area contributed by atoms with E-state index in [1.54, 1.807) is 0 Å². The first-order chi connectivity index (χ1) is 8.97. The topological polar surface area (TPSA) is 83.8 Å². The zero-order valence-corrected chi connectivity index (χ0v) is 11.0. The van der Waals surface area contributed by atoms with Crippen LogP contribution in [-0.4, -0.2) is 28.3 Å². The van der Waals surface area contributed by atoms with Crippen molar-refractivity contribution in [3.8, 4) is 5.75 Å². The summed E-state index contributed by atoms with van der Waals surface area (Å²) >= 11 is 0. The zero-order chi connectivity index (χ0) is 14.4. The molecule has 1 aromatic rings. The quantitative estimate of drug-likeness (QED) is 0.792. The molecule has 2 N–H and O–H groups in total. The number of carbonyl (C=O) groups is 2. The van der Waals surface area contributed by atoms with E-state index in [1.165, 1.54) is 12.1 Å². The van der Waals surface area contributed by atoms with Crippen molar-refractivity contribution in [1.82, 2.24) is 0 Å². The van der Waals surface area contributed by atoms with Crippen molar-refractivity contribution < 1.29 is 24.5 Å². The maximum absolute atomic E-state index is 11.0. The van der Waals surface area contributed by atoms with E-state index in [1.807, 2.05) is 13.8 Å². The van der Waals surface area contributed by atoms with E-state index in [0.717, 1.165) is 25.3 Å². The Morgan fingerprint density at radius 2 is 1.63 bits per heavy atom. The Hall–Kier alpha value is -2.04. The van der Waals surface area contributed by atoms with E-state index in [-0.39, 0.29) is 23.0 Å². The van der Waals surface area contributed by atoms with Gasteiger partial charge in [0.05, 0.1) is 17.2 Å². The van der Waals surface area contributed by atoms with Crippen molar-refractivity contribution in [2.24, 2.45) is 0 Å². The van der Waals surface area contributed by atoms with Gasteiger partial charge in [-0.05, 0) is 31.0 Å². The van der Waals surface area contributed by atoms with Crippen LogP contribution in [0.5, 0.6) is 5.75 Å². The average molecular weight is 266 g/mol. The molecule has 1 rings (SSSR count). The number of carboxylic acids is 2. The number of ether oxygens (including phenoxy) is 1. The Morgan fingerprint density at radius 3 is 2.00 bits per heavy atom. The lowest BCUT2D eigenvalue weighted by atomic mass is 10.1. The lowest BCUT2D eigenvalue weighted by Gasteiger charge is -2.17. The van der Waals surface area contributed by atoms with Crippen molar-refractivity contribution in [3.63, 3.8) is 0 Å². The molecule has 0 amide bonds. The largest absolute Gasteiger partial charge is 0.490 e. The molecule has 0 fully saturated rings. The zero-order valence-electron chi connectivity index (χ0n) is 11.0. The molecule has 1 aromatic carbocycles. The maximum Gasteiger partial charge on any atom is 0.335 e. The van der Waals surface area contributed by atoms with Crippen molar-refractivity contribution >= 4 is 11.9 Å². The highest BCUT2D eigenvalue weighted by atomic mass is 16.5. The van der Waals surface area contributed by atoms with Crippen molar-refractivity contribution in [2.45, 2.75) is 39.2 Å². The molecule has 0 spiro atoms. The van der Waals surface area contributed by atoms with Gasteiger partial charge >= 0.3 is 11.9 Å². The third-order valence-electron chi connectivity index (χ3n) is 2.77. The van der Waals surface area contributed by atoms with Crippen LogP contribution in [0.3, 0.4) is 0 Å². The fraction of sp³-hybridized carbons (Fsp3) is 0.429. The number of rotatable bonds is 7. The number of benzene rings is 1. The molecule has 5 nitrogen and oxygen atoms in total. The maximum atomic E-state index is 11.0. The number of hydrogen-bond donors (Lipinski definition) is 2. The Bertz CT molecular complexity index is 435. The molecule has 104 valence electrons. The van der Waals surface area contributed by atoms with Crippen LogP contribution in [0.25, 0.3) is 0 Å². The van der Waals surface area contributed by atoms with Gasteiger partial charge in [-0.3, -0.25) is 0 Å². The average Bonchev–Trinajstić information content (AvgIpc) is 2.37. The molecule has 0 aliphatic carbocycles. The molecule has 0 saturated carbocycles. The van der Waals surface area contributed by atoms with Crippen LogP contribution in [0, 0.1) is 0 Å². The van der Waals surface area contributed by atoms with Gasteiger partial charge in [-0.15, -0.1) is 0 Å². The van der Waals surface area contributed by atoms with E-state index in [4.69, 9.17) is 14.9 Å². The van der Waals surface area contributed by atoms with Crippen LogP contribution >= 0.6 is 0 Å². The summed E-state index contributed by atoms with van der Waals surface area (Å²) in [4.78, 5) is 21.9. The minimum absolute atomic E-state index is 0.0318. The number of aromatic carboxylic acids is 2. The fourth-order valence-electron chi connectivity index (χ4n) is 1.77. The molecule has 0 aliphatic heterocycles. The van der Waals surface area contributed by atoms with E-state index < -0.39 is 11.9 Å². The first-order valence-corrected chi connectivity index (χ1v) is 6.26. The summed E-state index contributed by atoms with van der Waals surface area (Å²) < 4.78 is 5.66. The van der Waals surface area contributed by atoms with Gasteiger partial charge in [0, 0.05) is 0 Å². The van der Waals surface area contributed by atoms with E-state index in [9.17, 15) is 9.59 Å². The van der Waals surface area contributed by atoms with Crippen LogP contribution in [0.15, 0.2) is 18.2 Å². The SMILES string of the molecule is CCCC(CC)Oc1cc(C(=O)O)cc(C(=O)O)c1. The third kappa shape index (κ3) is 4.28. The van der Waals surface area contributed by atoms with Crippen LogP contribution in [0.1, 0.15) is 53.8 Å². The monoisotopic (exact) mass is 266 g/mol. The minimum Gasteiger partial charge on any atom is -0.490 e. The van der Waals surface area contributed by atoms with Crippen molar-refractivity contribution in [2.75, 3.05) is 0 Å². The molecule has 0 aromatic heterocycles. The Morgan fingerprint density at radius 1 is 1.11 bits per heavy atom. The van der Waals surface area contributed by atoms with Gasteiger partial charge in [0.25, 0.3) is 0 Å². The second-order valence-electron chi connectivity index (χ2n) is 4.29. The van der Waals surface area contributed by atoms with Gasteiger partial charge in [0.2, 0.25) is 0 Å². The van der Waals surface area contributed by atoms with E-state index >= 15 is 0 Å². The predicted octanol–water partition coefficient (Wildman–Crippen LogP) is 3.04. The second-order valence-corrected chi connectivity index (χ2v) is 4.29. The fourth-order valence-corrected chi connectivity index (χ4v) is 1.77. The Labute approximate surface area is 111 Å². The van der Waals surface area contributed by atoms with Gasteiger partial charge in [-0.25, -0.2) is 9.59 Å². The van der Waals surface area contributed by atoms with Gasteiger partial charge < -0.3 is 14.9 Å². The molecule has 1 unspecified atom stereocenters. The summed E-state index contributed by atoms with van der Waals surface area (Å²) in [6, 6.07) is 3.83. The first-order valence-electron chi connectivity index (χ1n) is 6.26. The minimum atomic E-state index is -1.17. The Balaban J connectivity index is 3.05. The number of carboxylic acid groups (broad SMARTS) is 2. The normalized spacial score (nSPS) is 11.9. The van der Waals surface area contributed by atoms with Crippen LogP contribution in [0.4, 0.5) is 0 Å². The van der Waals surface area contributed by atoms with Gasteiger partial charge in [0.15, 0.2) is 0 Å². The molecule has 0 saturated heterocycles. The van der Waals surface area contributed by atoms with E-state index in [2.05, 4.69) is 0 Å². The molecule has 5 heteroatoms.